The zero-order valence-corrected chi connectivity index (χ0v) is 22.5. The lowest BCUT2D eigenvalue weighted by atomic mass is 9.95. The minimum absolute atomic E-state index is 0.00804. The van der Waals surface area contributed by atoms with E-state index in [2.05, 4.69) is 34.8 Å². The van der Waals surface area contributed by atoms with Crippen LogP contribution in [0.2, 0.25) is 25.7 Å². The van der Waals surface area contributed by atoms with E-state index >= 15 is 0 Å². The molecule has 0 aliphatic carbocycles. The summed E-state index contributed by atoms with van der Waals surface area (Å²) in [5, 5.41) is 17.5. The number of hydrogen-bond acceptors (Lipinski definition) is 5. The van der Waals surface area contributed by atoms with Gasteiger partial charge in [-0.2, -0.15) is 13.2 Å². The van der Waals surface area contributed by atoms with E-state index in [-0.39, 0.29) is 24.9 Å². The van der Waals surface area contributed by atoms with E-state index in [9.17, 15) is 23.1 Å². The molecule has 0 bridgehead atoms. The van der Waals surface area contributed by atoms with Crippen LogP contribution in [0.3, 0.4) is 0 Å². The molecule has 0 unspecified atom stereocenters. The third-order valence-electron chi connectivity index (χ3n) is 5.59. The van der Waals surface area contributed by atoms with Crippen molar-refractivity contribution in [2.24, 2.45) is 5.41 Å². The molecule has 2 heterocycles. The molecule has 0 aliphatic rings. The van der Waals surface area contributed by atoms with Gasteiger partial charge in [-0.05, 0) is 56.3 Å². The van der Waals surface area contributed by atoms with E-state index in [0.29, 0.717) is 23.6 Å². The highest BCUT2D eigenvalue weighted by molar-refractivity contribution is 6.76. The van der Waals surface area contributed by atoms with Crippen LogP contribution in [0, 0.1) is 5.41 Å². The van der Waals surface area contributed by atoms with Gasteiger partial charge in [0, 0.05) is 20.2 Å². The van der Waals surface area contributed by atoms with Crippen LogP contribution >= 0.6 is 0 Å². The summed E-state index contributed by atoms with van der Waals surface area (Å²) in [6.45, 7) is 10.2. The standard InChI is InChI=1S/C25H31F3N4O4Si/c1-24(2,23(33)34)15-36-18-8-6-17(7-9-18)19-10-11-20(31-30-19)22-29-21(25(26,27)28)14-32(22)16-35-12-13-37(3,4)5/h6-11,14H,12-13,15-16H2,1-5H3,(H,33,34)/p+1. The number of imidazole rings is 1. The molecule has 0 fully saturated rings. The van der Waals surface area contributed by atoms with Crippen LogP contribution in [-0.4, -0.2) is 47.5 Å². The summed E-state index contributed by atoms with van der Waals surface area (Å²) in [5.41, 5.74) is -0.455. The van der Waals surface area contributed by atoms with Crippen LogP contribution in [0.25, 0.3) is 22.8 Å². The van der Waals surface area contributed by atoms with Gasteiger partial charge in [0.05, 0.1) is 11.1 Å². The van der Waals surface area contributed by atoms with Crippen LogP contribution in [0.15, 0.2) is 42.6 Å². The third kappa shape index (κ3) is 7.86. The largest absolute Gasteiger partial charge is 0.492 e. The van der Waals surface area contributed by atoms with Crippen molar-refractivity contribution in [2.75, 3.05) is 13.2 Å². The van der Waals surface area contributed by atoms with Gasteiger partial charge in [-0.15, -0.1) is 10.2 Å². The Balaban J connectivity index is 1.75. The molecule has 2 N–H and O–H groups in total. The van der Waals surface area contributed by atoms with Gasteiger partial charge in [-0.25, -0.2) is 9.55 Å². The van der Waals surface area contributed by atoms with E-state index < -0.39 is 31.3 Å². The molecule has 2 aromatic heterocycles. The summed E-state index contributed by atoms with van der Waals surface area (Å²) in [5.74, 6) is -0.309. The first-order chi connectivity index (χ1) is 17.2. The van der Waals surface area contributed by atoms with Gasteiger partial charge < -0.3 is 14.6 Å². The normalized spacial score (nSPS) is 12.5. The number of alkyl halides is 3. The second kappa shape index (κ2) is 11.0. The third-order valence-corrected chi connectivity index (χ3v) is 7.30. The lowest BCUT2D eigenvalue weighted by Crippen LogP contribution is -2.36. The first-order valence-electron chi connectivity index (χ1n) is 11.7. The number of carboxylic acids is 1. The van der Waals surface area contributed by atoms with Crippen molar-refractivity contribution in [3.63, 3.8) is 0 Å². The molecule has 3 aromatic rings. The number of carboxylic acid groups (broad SMARTS) is 1. The fraction of sp³-hybridized carbons (Fsp3) is 0.440. The van der Waals surface area contributed by atoms with Gasteiger partial charge in [0.25, 0.3) is 0 Å². The topological polar surface area (TPSA) is 101 Å². The summed E-state index contributed by atoms with van der Waals surface area (Å²) in [7, 11) is -1.33. The molecule has 37 heavy (non-hydrogen) atoms. The van der Waals surface area contributed by atoms with Crippen molar-refractivity contribution in [3.05, 3.63) is 48.3 Å². The Labute approximate surface area is 214 Å². The number of aromatic nitrogens is 4. The van der Waals surface area contributed by atoms with Gasteiger partial charge in [-0.3, -0.25) is 4.79 Å². The summed E-state index contributed by atoms with van der Waals surface area (Å²) in [4.78, 5) is 13.6. The lowest BCUT2D eigenvalue weighted by molar-refractivity contribution is -0.721. The molecule has 0 radical (unpaired) electrons. The molecule has 200 valence electrons. The fourth-order valence-electron chi connectivity index (χ4n) is 3.11. The monoisotopic (exact) mass is 537 g/mol. The van der Waals surface area contributed by atoms with Crippen molar-refractivity contribution in [1.29, 1.82) is 0 Å². The smallest absolute Gasteiger partial charge is 0.457 e. The molecule has 0 aliphatic heterocycles. The van der Waals surface area contributed by atoms with Gasteiger partial charge in [0.1, 0.15) is 18.6 Å². The minimum Gasteiger partial charge on any atom is -0.492 e. The highest BCUT2D eigenvalue weighted by Crippen LogP contribution is 2.29. The molecular formula is C25H32F3N4O4Si+. The molecule has 0 amide bonds. The van der Waals surface area contributed by atoms with Crippen LogP contribution < -0.4 is 9.30 Å². The number of nitrogens with zero attached hydrogens (tertiary/aromatic N) is 3. The summed E-state index contributed by atoms with van der Waals surface area (Å²) >= 11 is 0. The van der Waals surface area contributed by atoms with Gasteiger partial charge in [0.15, 0.2) is 12.4 Å². The SMILES string of the molecule is CC(C)(COc1ccc(-c2ccc(-c3[nH]c(C(F)(F)F)c[n+]3COCC[Si](C)(C)C)nn2)cc1)C(=O)O. The van der Waals surface area contributed by atoms with E-state index in [1.807, 2.05) is 0 Å². The Morgan fingerprint density at radius 2 is 1.68 bits per heavy atom. The molecule has 12 heteroatoms. The van der Waals surface area contributed by atoms with Crippen LogP contribution in [0.4, 0.5) is 13.2 Å². The van der Waals surface area contributed by atoms with E-state index in [4.69, 9.17) is 9.47 Å². The van der Waals surface area contributed by atoms with E-state index in [1.165, 1.54) is 4.57 Å². The summed E-state index contributed by atoms with van der Waals surface area (Å²) < 4.78 is 52.7. The number of halogens is 3. The van der Waals surface area contributed by atoms with Crippen molar-refractivity contribution < 1.29 is 37.1 Å². The lowest BCUT2D eigenvalue weighted by Gasteiger charge is -2.19. The zero-order chi connectivity index (χ0) is 27.4. The number of rotatable bonds is 11. The number of benzene rings is 1. The minimum atomic E-state index is -4.55. The maximum absolute atomic E-state index is 13.4. The highest BCUT2D eigenvalue weighted by atomic mass is 28.3. The van der Waals surface area contributed by atoms with Crippen molar-refractivity contribution in [3.8, 4) is 28.5 Å². The first kappa shape index (κ1) is 28.3. The number of aliphatic carboxylic acids is 1. The number of H-pyrrole nitrogens is 1. The molecule has 3 rings (SSSR count). The maximum atomic E-state index is 13.4. The fourth-order valence-corrected chi connectivity index (χ4v) is 3.87. The highest BCUT2D eigenvalue weighted by Gasteiger charge is 2.39. The van der Waals surface area contributed by atoms with Crippen LogP contribution in [0.5, 0.6) is 5.75 Å². The van der Waals surface area contributed by atoms with E-state index in [0.717, 1.165) is 12.2 Å². The number of aromatic amines is 1. The molecule has 0 saturated carbocycles. The second-order valence-electron chi connectivity index (χ2n) is 10.6. The Kier molecular flexibility index (Phi) is 8.43. The number of carbonyl (C=O) groups is 1. The average Bonchev–Trinajstić information content (AvgIpc) is 3.25. The van der Waals surface area contributed by atoms with Gasteiger partial charge >= 0.3 is 18.0 Å². The van der Waals surface area contributed by atoms with E-state index in [1.54, 1.807) is 50.2 Å². The quantitative estimate of drug-likeness (QED) is 0.197. The van der Waals surface area contributed by atoms with Crippen molar-refractivity contribution >= 4 is 14.0 Å². The van der Waals surface area contributed by atoms with Crippen molar-refractivity contribution in [1.82, 2.24) is 15.2 Å². The number of nitrogens with one attached hydrogen (secondary N) is 1. The first-order valence-corrected chi connectivity index (χ1v) is 15.4. The van der Waals surface area contributed by atoms with Crippen LogP contribution in [0.1, 0.15) is 19.5 Å². The summed E-state index contributed by atoms with van der Waals surface area (Å²) in [6, 6.07) is 11.0. The Hall–Kier alpha value is -3.25. The second-order valence-corrected chi connectivity index (χ2v) is 16.3. The van der Waals surface area contributed by atoms with Crippen molar-refractivity contribution in [2.45, 2.75) is 52.4 Å². The number of ether oxygens (including phenoxy) is 2. The Bertz CT molecular complexity index is 1200. The Morgan fingerprint density at radius 1 is 1.05 bits per heavy atom. The molecule has 0 spiro atoms. The average molecular weight is 538 g/mol. The molecule has 1 aromatic carbocycles. The van der Waals surface area contributed by atoms with Gasteiger partial charge in [-0.1, -0.05) is 19.6 Å². The maximum Gasteiger partial charge on any atom is 0.457 e. The van der Waals surface area contributed by atoms with Crippen LogP contribution in [-0.2, 0) is 22.4 Å². The molecular weight excluding hydrogens is 505 g/mol. The molecule has 0 saturated heterocycles. The Morgan fingerprint density at radius 3 is 2.22 bits per heavy atom. The number of hydrogen-bond donors (Lipinski definition) is 2. The molecule has 0 atom stereocenters. The predicted octanol–water partition coefficient (Wildman–Crippen LogP) is 5.25. The summed E-state index contributed by atoms with van der Waals surface area (Å²) in [6.07, 6.45) is -3.57. The molecule has 8 nitrogen and oxygen atoms in total. The predicted molar refractivity (Wildman–Crippen MR) is 133 cm³/mol. The van der Waals surface area contributed by atoms with Gasteiger partial charge in [0.2, 0.25) is 5.69 Å². The zero-order valence-electron chi connectivity index (χ0n) is 21.5.